The number of fused-ring (bicyclic) bond motifs is 5. The first kappa shape index (κ1) is 17.8. The van der Waals surface area contributed by atoms with Gasteiger partial charge < -0.3 is 0 Å². The summed E-state index contributed by atoms with van der Waals surface area (Å²) in [7, 11) is 0. The maximum atomic E-state index is 8.34. The monoisotopic (exact) mass is 374 g/mol. The summed E-state index contributed by atoms with van der Waals surface area (Å²) in [5, 5.41) is 0. The van der Waals surface area contributed by atoms with Crippen molar-refractivity contribution in [3.05, 3.63) is 0 Å². The Morgan fingerprint density at radius 1 is 0.852 bits per heavy atom. The molecule has 0 aromatic rings. The standard InChI is InChI=1S/C27H48/c1-19(2)9-8-10-20(3)23-14-15-24-22-13-12-21-11-6-7-17-26(21,4)25(22)16-18-27(23,24)5/h19-25H,6-18H2,1-5H3/t20-,21-,22+,23-,24+,25+,26+,27-/m1/s1/i6D2. The highest BCUT2D eigenvalue weighted by atomic mass is 14.6. The Kier molecular flexibility index (Phi) is 5.07. The summed E-state index contributed by atoms with van der Waals surface area (Å²) in [6.45, 7) is 12.6. The molecule has 8 atom stereocenters. The summed E-state index contributed by atoms with van der Waals surface area (Å²) >= 11 is 0. The van der Waals surface area contributed by atoms with Gasteiger partial charge in [-0.3, -0.25) is 0 Å². The minimum atomic E-state index is -0.899. The van der Waals surface area contributed by atoms with E-state index in [1.165, 1.54) is 57.8 Å². The molecule has 0 heterocycles. The fraction of sp³-hybridized carbons (Fsp3) is 1.00. The van der Waals surface area contributed by atoms with Gasteiger partial charge >= 0.3 is 0 Å². The van der Waals surface area contributed by atoms with Crippen LogP contribution in [0.5, 0.6) is 0 Å². The van der Waals surface area contributed by atoms with Crippen LogP contribution in [0.1, 0.15) is 121 Å². The number of rotatable bonds is 5. The largest absolute Gasteiger partial charge is 0.0628 e. The topological polar surface area (TPSA) is 0 Å². The SMILES string of the molecule is [2H]C1([2H])CC[C@@]2(C)[C@@H](CC[C@@H]3[C@@H]2CC[C@]2(C)[C@@H]([C@H](C)CCCC(C)C)CC[C@@H]32)C1. The minimum Gasteiger partial charge on any atom is -0.0628 e. The molecule has 4 aliphatic carbocycles. The van der Waals surface area contributed by atoms with Gasteiger partial charge in [0.1, 0.15) is 0 Å². The second kappa shape index (κ2) is 7.68. The molecule has 4 fully saturated rings. The molecule has 0 aromatic carbocycles. The van der Waals surface area contributed by atoms with Crippen molar-refractivity contribution in [2.75, 3.05) is 0 Å². The fourth-order valence-corrected chi connectivity index (χ4v) is 8.92. The van der Waals surface area contributed by atoms with E-state index in [0.29, 0.717) is 16.7 Å². The molecule has 0 amide bonds. The van der Waals surface area contributed by atoms with Crippen molar-refractivity contribution in [2.24, 2.45) is 52.3 Å². The van der Waals surface area contributed by atoms with E-state index in [-0.39, 0.29) is 0 Å². The molecule has 0 nitrogen and oxygen atoms in total. The molecule has 0 N–H and O–H groups in total. The van der Waals surface area contributed by atoms with Gasteiger partial charge in [-0.2, -0.15) is 0 Å². The Balaban J connectivity index is 1.46. The lowest BCUT2D eigenvalue weighted by Crippen LogP contribution is -2.53. The quantitative estimate of drug-likeness (QED) is 0.452. The average molecular weight is 375 g/mol. The normalized spacial score (nSPS) is 51.0. The van der Waals surface area contributed by atoms with Crippen LogP contribution >= 0.6 is 0 Å². The van der Waals surface area contributed by atoms with Gasteiger partial charge in [-0.25, -0.2) is 0 Å². The maximum absolute atomic E-state index is 8.34. The van der Waals surface area contributed by atoms with E-state index in [2.05, 4.69) is 34.6 Å². The second-order valence-corrected chi connectivity index (χ2v) is 12.1. The van der Waals surface area contributed by atoms with Gasteiger partial charge in [0.15, 0.2) is 0 Å². The molecule has 27 heavy (non-hydrogen) atoms. The predicted molar refractivity (Wildman–Crippen MR) is 118 cm³/mol. The Bertz CT molecular complexity index is 583. The Morgan fingerprint density at radius 2 is 1.63 bits per heavy atom. The zero-order valence-corrected chi connectivity index (χ0v) is 19.0. The summed E-state index contributed by atoms with van der Waals surface area (Å²) in [5.74, 6) is 6.11. The van der Waals surface area contributed by atoms with E-state index >= 15 is 0 Å². The van der Waals surface area contributed by atoms with Crippen LogP contribution in [0.15, 0.2) is 0 Å². The lowest BCUT2D eigenvalue weighted by Gasteiger charge is -2.61. The first-order chi connectivity index (χ1) is 13.6. The summed E-state index contributed by atoms with van der Waals surface area (Å²) in [6.07, 6.45) is 14.7. The molecule has 0 saturated heterocycles. The van der Waals surface area contributed by atoms with Crippen LogP contribution in [0.4, 0.5) is 0 Å². The molecule has 4 aliphatic rings. The van der Waals surface area contributed by atoms with Crippen molar-refractivity contribution < 1.29 is 2.74 Å². The summed E-state index contributed by atoms with van der Waals surface area (Å²) in [5.41, 5.74) is 1.02. The third kappa shape index (κ3) is 3.44. The summed E-state index contributed by atoms with van der Waals surface area (Å²) in [4.78, 5) is 0. The minimum absolute atomic E-state index is 0.427. The van der Waals surface area contributed by atoms with Crippen molar-refractivity contribution in [3.8, 4) is 0 Å². The second-order valence-electron chi connectivity index (χ2n) is 12.1. The zero-order chi connectivity index (χ0) is 21.0. The van der Waals surface area contributed by atoms with Crippen LogP contribution < -0.4 is 0 Å². The summed E-state index contributed by atoms with van der Waals surface area (Å²) < 4.78 is 16.7. The zero-order valence-electron chi connectivity index (χ0n) is 21.0. The Labute approximate surface area is 173 Å². The van der Waals surface area contributed by atoms with Crippen LogP contribution in [-0.4, -0.2) is 0 Å². The number of hydrogen-bond acceptors (Lipinski definition) is 0. The van der Waals surface area contributed by atoms with Gasteiger partial charge in [0.25, 0.3) is 0 Å². The van der Waals surface area contributed by atoms with Crippen LogP contribution in [0.3, 0.4) is 0 Å². The molecule has 4 saturated carbocycles. The molecule has 0 radical (unpaired) electrons. The fourth-order valence-electron chi connectivity index (χ4n) is 8.92. The van der Waals surface area contributed by atoms with E-state index < -0.39 is 6.37 Å². The van der Waals surface area contributed by atoms with Crippen molar-refractivity contribution >= 4 is 0 Å². The first-order valence-electron chi connectivity index (χ1n) is 13.6. The molecule has 0 unspecified atom stereocenters. The molecule has 0 bridgehead atoms. The molecule has 4 rings (SSSR count). The van der Waals surface area contributed by atoms with Crippen molar-refractivity contribution in [1.29, 1.82) is 0 Å². The number of hydrogen-bond donors (Lipinski definition) is 0. The smallest absolute Gasteiger partial charge is 0.0267 e. The highest BCUT2D eigenvalue weighted by molar-refractivity contribution is 5.09. The van der Waals surface area contributed by atoms with Gasteiger partial charge in [-0.1, -0.05) is 66.7 Å². The molecule has 0 spiro atoms. The van der Waals surface area contributed by atoms with Crippen LogP contribution in [0, 0.1) is 52.3 Å². The summed E-state index contributed by atoms with van der Waals surface area (Å²) in [6, 6.07) is 0. The third-order valence-electron chi connectivity index (χ3n) is 10.5. The molecule has 0 heteroatoms. The van der Waals surface area contributed by atoms with Gasteiger partial charge in [0.2, 0.25) is 0 Å². The third-order valence-corrected chi connectivity index (χ3v) is 10.5. The predicted octanol–water partition coefficient (Wildman–Crippen LogP) is 8.50. The van der Waals surface area contributed by atoms with Crippen LogP contribution in [0.2, 0.25) is 0 Å². The van der Waals surface area contributed by atoms with E-state index in [4.69, 9.17) is 2.74 Å². The van der Waals surface area contributed by atoms with Gasteiger partial charge in [-0.15, -0.1) is 0 Å². The maximum Gasteiger partial charge on any atom is 0.0267 e. The molecular formula is C27H48. The highest BCUT2D eigenvalue weighted by Crippen LogP contribution is 2.68. The lowest BCUT2D eigenvalue weighted by molar-refractivity contribution is -0.114. The van der Waals surface area contributed by atoms with E-state index in [1.807, 2.05) is 0 Å². The molecule has 156 valence electrons. The van der Waals surface area contributed by atoms with Crippen molar-refractivity contribution in [1.82, 2.24) is 0 Å². The highest BCUT2D eigenvalue weighted by Gasteiger charge is 2.59. The van der Waals surface area contributed by atoms with E-state index in [1.54, 1.807) is 0 Å². The molecule has 0 aliphatic heterocycles. The van der Waals surface area contributed by atoms with Crippen molar-refractivity contribution in [2.45, 2.75) is 118 Å². The van der Waals surface area contributed by atoms with E-state index in [0.717, 1.165) is 54.8 Å². The lowest BCUT2D eigenvalue weighted by atomic mass is 9.44. The van der Waals surface area contributed by atoms with Crippen molar-refractivity contribution in [3.63, 3.8) is 0 Å². The Morgan fingerprint density at radius 3 is 2.41 bits per heavy atom. The average Bonchev–Trinajstić information content (AvgIpc) is 2.99. The molecule has 0 aromatic heterocycles. The van der Waals surface area contributed by atoms with E-state index in [9.17, 15) is 0 Å². The molecular weight excluding hydrogens is 324 g/mol. The van der Waals surface area contributed by atoms with Crippen LogP contribution in [-0.2, 0) is 0 Å². The van der Waals surface area contributed by atoms with Crippen LogP contribution in [0.25, 0.3) is 0 Å². The van der Waals surface area contributed by atoms with Gasteiger partial charge in [0.05, 0.1) is 0 Å². The van der Waals surface area contributed by atoms with Gasteiger partial charge in [-0.05, 0) is 104 Å². The van der Waals surface area contributed by atoms with Gasteiger partial charge in [0, 0.05) is 2.74 Å². The Hall–Kier alpha value is 0. The first-order valence-corrected chi connectivity index (χ1v) is 12.6.